The van der Waals surface area contributed by atoms with Crippen LogP contribution in [0.5, 0.6) is 0 Å². The molecule has 6 heteroatoms. The van der Waals surface area contributed by atoms with Gasteiger partial charge in [0.2, 0.25) is 0 Å². The molecule has 1 aliphatic rings. The van der Waals surface area contributed by atoms with E-state index in [0.717, 1.165) is 52.4 Å². The Morgan fingerprint density at radius 2 is 1.68 bits per heavy atom. The van der Waals surface area contributed by atoms with E-state index in [1.165, 1.54) is 0 Å². The fourth-order valence-corrected chi connectivity index (χ4v) is 2.19. The maximum atomic E-state index is 11.5. The summed E-state index contributed by atoms with van der Waals surface area (Å²) in [6.45, 7) is 14.6. The summed E-state index contributed by atoms with van der Waals surface area (Å²) in [4.78, 5) is 18.2. The van der Waals surface area contributed by atoms with E-state index >= 15 is 0 Å². The van der Waals surface area contributed by atoms with Gasteiger partial charge in [-0.1, -0.05) is 13.8 Å². The molecule has 0 saturated carbocycles. The molecule has 114 valence electrons. The van der Waals surface area contributed by atoms with Gasteiger partial charge in [-0.3, -0.25) is 4.90 Å². The summed E-state index contributed by atoms with van der Waals surface area (Å²) in [7, 11) is 0. The SMILES string of the molecule is CCOC(=O)N1CCN(CCN(CC)CC)CC1.Cl. The van der Waals surface area contributed by atoms with E-state index in [1.54, 1.807) is 4.90 Å². The zero-order chi connectivity index (χ0) is 13.4. The van der Waals surface area contributed by atoms with Crippen molar-refractivity contribution in [3.8, 4) is 0 Å². The molecule has 19 heavy (non-hydrogen) atoms. The lowest BCUT2D eigenvalue weighted by molar-refractivity contribution is 0.0767. The highest BCUT2D eigenvalue weighted by Gasteiger charge is 2.21. The predicted octanol–water partition coefficient (Wildman–Crippen LogP) is 1.52. The van der Waals surface area contributed by atoms with Crippen molar-refractivity contribution in [2.75, 3.05) is 59.0 Å². The molecule has 0 aromatic carbocycles. The van der Waals surface area contributed by atoms with Crippen LogP contribution >= 0.6 is 12.4 Å². The molecule has 0 aromatic heterocycles. The molecule has 1 saturated heterocycles. The molecule has 0 spiro atoms. The summed E-state index contributed by atoms with van der Waals surface area (Å²) in [6, 6.07) is 0. The number of carbonyl (C=O) groups excluding carboxylic acids is 1. The maximum Gasteiger partial charge on any atom is 0.409 e. The van der Waals surface area contributed by atoms with Crippen LogP contribution in [0.15, 0.2) is 0 Å². The minimum absolute atomic E-state index is 0. The number of halogens is 1. The lowest BCUT2D eigenvalue weighted by atomic mass is 10.3. The molecule has 0 bridgehead atoms. The monoisotopic (exact) mass is 293 g/mol. The third-order valence-corrected chi connectivity index (χ3v) is 3.53. The molecule has 0 radical (unpaired) electrons. The molecule has 0 aliphatic carbocycles. The van der Waals surface area contributed by atoms with Gasteiger partial charge in [0.1, 0.15) is 0 Å². The van der Waals surface area contributed by atoms with Gasteiger partial charge in [0.05, 0.1) is 6.61 Å². The van der Waals surface area contributed by atoms with Crippen molar-refractivity contribution in [3.05, 3.63) is 0 Å². The Kier molecular flexibility index (Phi) is 10.0. The van der Waals surface area contributed by atoms with Crippen LogP contribution in [-0.4, -0.2) is 79.8 Å². The van der Waals surface area contributed by atoms with Crippen molar-refractivity contribution >= 4 is 18.5 Å². The van der Waals surface area contributed by atoms with Crippen LogP contribution in [0.2, 0.25) is 0 Å². The largest absolute Gasteiger partial charge is 0.450 e. The van der Waals surface area contributed by atoms with Crippen molar-refractivity contribution < 1.29 is 9.53 Å². The van der Waals surface area contributed by atoms with Crippen LogP contribution < -0.4 is 0 Å². The number of rotatable bonds is 6. The van der Waals surface area contributed by atoms with Gasteiger partial charge in [-0.2, -0.15) is 0 Å². The molecule has 1 heterocycles. The highest BCUT2D eigenvalue weighted by Crippen LogP contribution is 2.04. The third kappa shape index (κ3) is 6.45. The molecule has 1 fully saturated rings. The molecule has 1 rings (SSSR count). The Balaban J connectivity index is 0.00000324. The molecule has 1 amide bonds. The number of hydrogen-bond donors (Lipinski definition) is 0. The van der Waals surface area contributed by atoms with Crippen molar-refractivity contribution in [2.45, 2.75) is 20.8 Å². The second-order valence-electron chi connectivity index (χ2n) is 4.55. The first kappa shape index (κ1) is 18.5. The molecule has 0 unspecified atom stereocenters. The van der Waals surface area contributed by atoms with Crippen molar-refractivity contribution in [2.24, 2.45) is 0 Å². The maximum absolute atomic E-state index is 11.5. The van der Waals surface area contributed by atoms with E-state index in [1.807, 2.05) is 6.92 Å². The normalized spacial score (nSPS) is 16.3. The Hall–Kier alpha value is -0.520. The molecule has 0 atom stereocenters. The summed E-state index contributed by atoms with van der Waals surface area (Å²) in [5.74, 6) is 0. The molecule has 0 N–H and O–H groups in total. The van der Waals surface area contributed by atoms with Crippen LogP contribution in [0, 0.1) is 0 Å². The number of likely N-dealkylation sites (N-methyl/N-ethyl adjacent to an activating group) is 1. The first-order valence-corrected chi connectivity index (χ1v) is 7.07. The second-order valence-corrected chi connectivity index (χ2v) is 4.55. The van der Waals surface area contributed by atoms with Crippen LogP contribution in [0.4, 0.5) is 4.79 Å². The van der Waals surface area contributed by atoms with Crippen LogP contribution in [0.1, 0.15) is 20.8 Å². The van der Waals surface area contributed by atoms with Gasteiger partial charge in [0, 0.05) is 39.3 Å². The number of piperazine rings is 1. The topological polar surface area (TPSA) is 36.0 Å². The Morgan fingerprint density at radius 1 is 1.11 bits per heavy atom. The van der Waals surface area contributed by atoms with Gasteiger partial charge in [0.25, 0.3) is 0 Å². The number of amides is 1. The fraction of sp³-hybridized carbons (Fsp3) is 0.923. The van der Waals surface area contributed by atoms with Crippen molar-refractivity contribution in [3.63, 3.8) is 0 Å². The standard InChI is InChI=1S/C13H27N3O2.ClH/c1-4-14(5-2)7-8-15-9-11-16(12-10-15)13(17)18-6-3;/h4-12H2,1-3H3;1H. The smallest absolute Gasteiger partial charge is 0.409 e. The molecular formula is C13H28ClN3O2. The Morgan fingerprint density at radius 3 is 2.16 bits per heavy atom. The van der Waals surface area contributed by atoms with Gasteiger partial charge in [-0.25, -0.2) is 4.79 Å². The highest BCUT2D eigenvalue weighted by molar-refractivity contribution is 5.85. The van der Waals surface area contributed by atoms with Gasteiger partial charge in [0.15, 0.2) is 0 Å². The van der Waals surface area contributed by atoms with Crippen LogP contribution in [0.25, 0.3) is 0 Å². The van der Waals surface area contributed by atoms with E-state index in [4.69, 9.17) is 4.74 Å². The lowest BCUT2D eigenvalue weighted by Gasteiger charge is -2.35. The van der Waals surface area contributed by atoms with Gasteiger partial charge < -0.3 is 14.5 Å². The van der Waals surface area contributed by atoms with Crippen LogP contribution in [-0.2, 0) is 4.74 Å². The van der Waals surface area contributed by atoms with Gasteiger partial charge in [-0.05, 0) is 20.0 Å². The van der Waals surface area contributed by atoms with Gasteiger partial charge >= 0.3 is 6.09 Å². The predicted molar refractivity (Wildman–Crippen MR) is 80.1 cm³/mol. The summed E-state index contributed by atoms with van der Waals surface area (Å²) in [6.07, 6.45) is -0.166. The van der Waals surface area contributed by atoms with E-state index < -0.39 is 0 Å². The average Bonchev–Trinajstić information content (AvgIpc) is 2.41. The summed E-state index contributed by atoms with van der Waals surface area (Å²) >= 11 is 0. The van der Waals surface area contributed by atoms with Crippen molar-refractivity contribution in [1.82, 2.24) is 14.7 Å². The number of hydrogen-bond acceptors (Lipinski definition) is 4. The van der Waals surface area contributed by atoms with Gasteiger partial charge in [-0.15, -0.1) is 12.4 Å². The number of nitrogens with zero attached hydrogens (tertiary/aromatic N) is 3. The van der Waals surface area contributed by atoms with Crippen molar-refractivity contribution in [1.29, 1.82) is 0 Å². The Labute approximate surface area is 123 Å². The second kappa shape index (κ2) is 10.3. The first-order chi connectivity index (χ1) is 8.71. The molecule has 5 nitrogen and oxygen atoms in total. The summed E-state index contributed by atoms with van der Waals surface area (Å²) in [5.41, 5.74) is 0. The molecular weight excluding hydrogens is 266 g/mol. The minimum Gasteiger partial charge on any atom is -0.450 e. The first-order valence-electron chi connectivity index (χ1n) is 7.07. The number of ether oxygens (including phenoxy) is 1. The van der Waals surface area contributed by atoms with E-state index in [-0.39, 0.29) is 18.5 Å². The summed E-state index contributed by atoms with van der Waals surface area (Å²) < 4.78 is 5.01. The van der Waals surface area contributed by atoms with E-state index in [0.29, 0.717) is 6.61 Å². The summed E-state index contributed by atoms with van der Waals surface area (Å²) in [5, 5.41) is 0. The lowest BCUT2D eigenvalue weighted by Crippen LogP contribution is -2.50. The minimum atomic E-state index is -0.166. The van der Waals surface area contributed by atoms with E-state index in [2.05, 4.69) is 23.6 Å². The zero-order valence-electron chi connectivity index (χ0n) is 12.4. The van der Waals surface area contributed by atoms with E-state index in [9.17, 15) is 4.79 Å². The quantitative estimate of drug-likeness (QED) is 0.744. The zero-order valence-corrected chi connectivity index (χ0v) is 13.2. The highest BCUT2D eigenvalue weighted by atomic mass is 35.5. The fourth-order valence-electron chi connectivity index (χ4n) is 2.19. The third-order valence-electron chi connectivity index (χ3n) is 3.53. The Bertz CT molecular complexity index is 242. The average molecular weight is 294 g/mol. The molecule has 0 aromatic rings. The molecule has 1 aliphatic heterocycles. The van der Waals surface area contributed by atoms with Crippen LogP contribution in [0.3, 0.4) is 0 Å². The number of carbonyl (C=O) groups is 1.